The van der Waals surface area contributed by atoms with E-state index in [4.69, 9.17) is 11.5 Å². The molecule has 0 aliphatic rings. The zero-order valence-electron chi connectivity index (χ0n) is 10.7. The summed E-state index contributed by atoms with van der Waals surface area (Å²) in [5, 5.41) is 10.8. The molecule has 0 aliphatic carbocycles. The Labute approximate surface area is 114 Å². The van der Waals surface area contributed by atoms with E-state index in [-0.39, 0.29) is 5.96 Å². The SMILES string of the molecule is Cc1ccnc(C(O)c2sc(N=C(N)N)nc2C)c1. The highest BCUT2D eigenvalue weighted by Crippen LogP contribution is 2.33. The molecule has 0 amide bonds. The first-order valence-corrected chi connectivity index (χ1v) is 6.46. The number of pyridine rings is 1. The van der Waals surface area contributed by atoms with Gasteiger partial charge < -0.3 is 16.6 Å². The number of aryl methyl sites for hydroxylation is 2. The highest BCUT2D eigenvalue weighted by atomic mass is 32.1. The van der Waals surface area contributed by atoms with Crippen LogP contribution in [0.2, 0.25) is 0 Å². The van der Waals surface area contributed by atoms with Gasteiger partial charge in [0.1, 0.15) is 6.10 Å². The van der Waals surface area contributed by atoms with Crippen LogP contribution in [-0.4, -0.2) is 21.0 Å². The van der Waals surface area contributed by atoms with Gasteiger partial charge >= 0.3 is 0 Å². The maximum Gasteiger partial charge on any atom is 0.212 e. The van der Waals surface area contributed by atoms with Crippen molar-refractivity contribution in [2.75, 3.05) is 0 Å². The predicted octanol–water partition coefficient (Wildman–Crippen LogP) is 1.14. The second kappa shape index (κ2) is 5.33. The Morgan fingerprint density at radius 3 is 2.79 bits per heavy atom. The van der Waals surface area contributed by atoms with E-state index >= 15 is 0 Å². The van der Waals surface area contributed by atoms with Crippen molar-refractivity contribution in [1.82, 2.24) is 9.97 Å². The van der Waals surface area contributed by atoms with Crippen LogP contribution >= 0.6 is 11.3 Å². The topological polar surface area (TPSA) is 110 Å². The van der Waals surface area contributed by atoms with Crippen LogP contribution in [0.3, 0.4) is 0 Å². The molecule has 0 saturated carbocycles. The average Bonchev–Trinajstić information content (AvgIpc) is 2.68. The maximum absolute atomic E-state index is 10.3. The minimum Gasteiger partial charge on any atom is -0.381 e. The monoisotopic (exact) mass is 277 g/mol. The normalized spacial score (nSPS) is 12.2. The van der Waals surface area contributed by atoms with E-state index in [0.29, 0.717) is 21.4 Å². The Hall–Kier alpha value is -1.99. The molecule has 7 heteroatoms. The molecular weight excluding hydrogens is 262 g/mol. The van der Waals surface area contributed by atoms with Crippen LogP contribution < -0.4 is 11.5 Å². The summed E-state index contributed by atoms with van der Waals surface area (Å²) in [6.07, 6.45) is 0.849. The molecule has 2 heterocycles. The van der Waals surface area contributed by atoms with Crippen molar-refractivity contribution in [3.05, 3.63) is 40.2 Å². The number of hydrogen-bond donors (Lipinski definition) is 3. The number of aliphatic hydroxyl groups excluding tert-OH is 1. The van der Waals surface area contributed by atoms with Gasteiger partial charge in [0.2, 0.25) is 5.13 Å². The third-order valence-electron chi connectivity index (χ3n) is 2.51. The Kier molecular flexibility index (Phi) is 3.77. The lowest BCUT2D eigenvalue weighted by atomic mass is 10.1. The van der Waals surface area contributed by atoms with Gasteiger partial charge in [-0.15, -0.1) is 0 Å². The molecule has 2 aromatic rings. The summed E-state index contributed by atoms with van der Waals surface area (Å²) >= 11 is 1.25. The van der Waals surface area contributed by atoms with Crippen LogP contribution in [0.5, 0.6) is 0 Å². The van der Waals surface area contributed by atoms with Crippen molar-refractivity contribution >= 4 is 22.4 Å². The van der Waals surface area contributed by atoms with Crippen molar-refractivity contribution < 1.29 is 5.11 Å². The summed E-state index contributed by atoms with van der Waals surface area (Å²) in [5.41, 5.74) is 12.9. The van der Waals surface area contributed by atoms with E-state index in [1.54, 1.807) is 13.1 Å². The first-order valence-electron chi connectivity index (χ1n) is 5.65. The minimum absolute atomic E-state index is 0.0523. The molecule has 1 unspecified atom stereocenters. The van der Waals surface area contributed by atoms with Crippen LogP contribution in [0.25, 0.3) is 0 Å². The van der Waals surface area contributed by atoms with Gasteiger partial charge in [-0.1, -0.05) is 11.3 Å². The lowest BCUT2D eigenvalue weighted by molar-refractivity contribution is 0.218. The molecule has 19 heavy (non-hydrogen) atoms. The maximum atomic E-state index is 10.3. The first-order chi connectivity index (χ1) is 8.97. The number of guanidine groups is 1. The molecule has 0 fully saturated rings. The number of aromatic nitrogens is 2. The third kappa shape index (κ3) is 3.07. The quantitative estimate of drug-likeness (QED) is 0.575. The molecule has 0 spiro atoms. The van der Waals surface area contributed by atoms with Crippen molar-refractivity contribution in [3.63, 3.8) is 0 Å². The molecule has 6 nitrogen and oxygen atoms in total. The molecule has 0 radical (unpaired) electrons. The molecule has 0 aliphatic heterocycles. The number of nitrogens with two attached hydrogens (primary N) is 2. The number of aliphatic imine (C=N–C) groups is 1. The summed E-state index contributed by atoms with van der Waals surface area (Å²) in [7, 11) is 0. The molecular formula is C12H15N5OS. The van der Waals surface area contributed by atoms with E-state index in [1.165, 1.54) is 11.3 Å². The molecule has 0 aromatic carbocycles. The van der Waals surface area contributed by atoms with Gasteiger partial charge in [0.15, 0.2) is 5.96 Å². The fraction of sp³-hybridized carbons (Fsp3) is 0.250. The highest BCUT2D eigenvalue weighted by Gasteiger charge is 2.19. The van der Waals surface area contributed by atoms with Crippen LogP contribution in [0, 0.1) is 13.8 Å². The van der Waals surface area contributed by atoms with E-state index in [1.807, 2.05) is 19.1 Å². The van der Waals surface area contributed by atoms with E-state index in [0.717, 1.165) is 5.56 Å². The minimum atomic E-state index is -0.819. The van der Waals surface area contributed by atoms with Gasteiger partial charge in [0, 0.05) is 6.20 Å². The molecule has 1 atom stereocenters. The molecule has 2 rings (SSSR count). The fourth-order valence-corrected chi connectivity index (χ4v) is 2.60. The first kappa shape index (κ1) is 13.4. The van der Waals surface area contributed by atoms with Gasteiger partial charge in [-0.25, -0.2) is 4.98 Å². The van der Waals surface area contributed by atoms with Crippen molar-refractivity contribution in [3.8, 4) is 0 Å². The van der Waals surface area contributed by atoms with Gasteiger partial charge in [-0.3, -0.25) is 4.98 Å². The third-order valence-corrected chi connectivity index (χ3v) is 3.61. The Balaban J connectivity index is 2.36. The molecule has 0 bridgehead atoms. The van der Waals surface area contributed by atoms with Crippen molar-refractivity contribution in [2.45, 2.75) is 20.0 Å². The smallest absolute Gasteiger partial charge is 0.212 e. The van der Waals surface area contributed by atoms with E-state index < -0.39 is 6.10 Å². The standard InChI is InChI=1S/C12H15N5OS/c1-6-3-4-15-8(5-6)9(18)10-7(2)16-12(19-10)17-11(13)14/h3-5,9,18H,1-2H3,(H4,13,14,16,17). The summed E-state index contributed by atoms with van der Waals surface area (Å²) in [4.78, 5) is 12.9. The van der Waals surface area contributed by atoms with Crippen LogP contribution in [0.15, 0.2) is 23.3 Å². The van der Waals surface area contributed by atoms with Crippen LogP contribution in [0.1, 0.15) is 27.9 Å². The summed E-state index contributed by atoms with van der Waals surface area (Å²) in [6, 6.07) is 3.71. The predicted molar refractivity (Wildman–Crippen MR) is 75.4 cm³/mol. The summed E-state index contributed by atoms with van der Waals surface area (Å²) < 4.78 is 0. The van der Waals surface area contributed by atoms with E-state index in [9.17, 15) is 5.11 Å². The van der Waals surface area contributed by atoms with Crippen LogP contribution in [-0.2, 0) is 0 Å². The number of aliphatic hydroxyl groups is 1. The fourth-order valence-electron chi connectivity index (χ4n) is 1.65. The average molecular weight is 277 g/mol. The zero-order chi connectivity index (χ0) is 14.0. The van der Waals surface area contributed by atoms with Crippen LogP contribution in [0.4, 0.5) is 5.13 Å². The van der Waals surface area contributed by atoms with Crippen molar-refractivity contribution in [2.24, 2.45) is 16.5 Å². The van der Waals surface area contributed by atoms with Gasteiger partial charge in [-0.05, 0) is 31.5 Å². The molecule has 2 aromatic heterocycles. The van der Waals surface area contributed by atoms with Gasteiger partial charge in [-0.2, -0.15) is 4.99 Å². The molecule has 100 valence electrons. The molecule has 0 saturated heterocycles. The highest BCUT2D eigenvalue weighted by molar-refractivity contribution is 7.15. The van der Waals surface area contributed by atoms with Gasteiger partial charge in [0.25, 0.3) is 0 Å². The second-order valence-corrected chi connectivity index (χ2v) is 5.15. The largest absolute Gasteiger partial charge is 0.381 e. The Morgan fingerprint density at radius 1 is 1.42 bits per heavy atom. The Morgan fingerprint density at radius 2 is 2.16 bits per heavy atom. The summed E-state index contributed by atoms with van der Waals surface area (Å²) in [5.74, 6) is -0.0523. The summed E-state index contributed by atoms with van der Waals surface area (Å²) in [6.45, 7) is 3.75. The molecule has 5 N–H and O–H groups in total. The van der Waals surface area contributed by atoms with Crippen molar-refractivity contribution in [1.29, 1.82) is 0 Å². The van der Waals surface area contributed by atoms with Gasteiger partial charge in [0.05, 0.1) is 16.3 Å². The number of hydrogen-bond acceptors (Lipinski definition) is 5. The Bertz CT molecular complexity index is 618. The lowest BCUT2D eigenvalue weighted by Gasteiger charge is -2.08. The van der Waals surface area contributed by atoms with E-state index in [2.05, 4.69) is 15.0 Å². The zero-order valence-corrected chi connectivity index (χ0v) is 11.5. The lowest BCUT2D eigenvalue weighted by Crippen LogP contribution is -2.21. The second-order valence-electron chi connectivity index (χ2n) is 4.14. The number of rotatable bonds is 3. The number of thiazole rings is 1. The number of nitrogens with zero attached hydrogens (tertiary/aromatic N) is 3.